The Morgan fingerprint density at radius 3 is 2.71 bits per heavy atom. The van der Waals surface area contributed by atoms with Crippen molar-refractivity contribution in [3.05, 3.63) is 35.4 Å². The Labute approximate surface area is 124 Å². The van der Waals surface area contributed by atoms with Gasteiger partial charge in [0, 0.05) is 19.7 Å². The lowest BCUT2D eigenvalue weighted by Gasteiger charge is -2.13. The number of rotatable bonds is 7. The van der Waals surface area contributed by atoms with E-state index in [1.54, 1.807) is 26.0 Å². The summed E-state index contributed by atoms with van der Waals surface area (Å²) in [6.45, 7) is 3.59. The van der Waals surface area contributed by atoms with Crippen molar-refractivity contribution in [1.82, 2.24) is 4.72 Å². The number of ether oxygens (including phenoxy) is 1. The molecule has 1 aromatic rings. The summed E-state index contributed by atoms with van der Waals surface area (Å²) in [7, 11) is -2.17. The van der Waals surface area contributed by atoms with Crippen LogP contribution < -0.4 is 4.72 Å². The largest absolute Gasteiger partial charge is 0.478 e. The third-order valence-electron chi connectivity index (χ3n) is 2.88. The van der Waals surface area contributed by atoms with Crippen LogP contribution in [0, 0.1) is 6.92 Å². The predicted molar refractivity (Wildman–Crippen MR) is 79.5 cm³/mol. The van der Waals surface area contributed by atoms with Gasteiger partial charge in [-0.3, -0.25) is 0 Å². The smallest absolute Gasteiger partial charge is 0.328 e. The Morgan fingerprint density at radius 2 is 2.14 bits per heavy atom. The fourth-order valence-corrected chi connectivity index (χ4v) is 2.96. The van der Waals surface area contributed by atoms with E-state index in [1.165, 1.54) is 19.3 Å². The van der Waals surface area contributed by atoms with Crippen LogP contribution in [0.5, 0.6) is 0 Å². The highest BCUT2D eigenvalue weighted by Gasteiger charge is 2.17. The molecule has 0 saturated carbocycles. The number of carbonyl (C=O) groups is 1. The number of aliphatic carboxylic acids is 1. The lowest BCUT2D eigenvalue weighted by Crippen LogP contribution is -2.32. The maximum Gasteiger partial charge on any atom is 0.328 e. The van der Waals surface area contributed by atoms with E-state index in [2.05, 4.69) is 4.72 Å². The van der Waals surface area contributed by atoms with Crippen LogP contribution in [0.2, 0.25) is 0 Å². The second kappa shape index (κ2) is 7.35. The second-order valence-electron chi connectivity index (χ2n) is 4.59. The number of aryl methyl sites for hydroxylation is 1. The monoisotopic (exact) mass is 313 g/mol. The first kappa shape index (κ1) is 17.4. The van der Waals surface area contributed by atoms with Crippen LogP contribution >= 0.6 is 0 Å². The van der Waals surface area contributed by atoms with Crippen LogP contribution in [0.1, 0.15) is 18.1 Å². The molecule has 0 amide bonds. The first-order valence-corrected chi connectivity index (χ1v) is 7.78. The molecule has 7 heteroatoms. The first-order chi connectivity index (χ1) is 9.76. The number of benzene rings is 1. The molecule has 0 aliphatic rings. The van der Waals surface area contributed by atoms with Gasteiger partial charge in [0.15, 0.2) is 0 Å². The molecular weight excluding hydrogens is 294 g/mol. The van der Waals surface area contributed by atoms with Crippen LogP contribution in [0.25, 0.3) is 6.08 Å². The van der Waals surface area contributed by atoms with Crippen molar-refractivity contribution in [3.63, 3.8) is 0 Å². The van der Waals surface area contributed by atoms with Gasteiger partial charge in [-0.25, -0.2) is 17.9 Å². The normalized spacial score (nSPS) is 13.5. The minimum absolute atomic E-state index is 0.123. The van der Waals surface area contributed by atoms with Gasteiger partial charge in [-0.2, -0.15) is 0 Å². The topological polar surface area (TPSA) is 92.7 Å². The highest BCUT2D eigenvalue weighted by atomic mass is 32.2. The van der Waals surface area contributed by atoms with Gasteiger partial charge in [-0.15, -0.1) is 0 Å². The van der Waals surface area contributed by atoms with Crippen molar-refractivity contribution in [2.24, 2.45) is 0 Å². The molecule has 0 bridgehead atoms. The number of nitrogens with one attached hydrogen (secondary N) is 1. The van der Waals surface area contributed by atoms with Gasteiger partial charge in [0.05, 0.1) is 11.0 Å². The van der Waals surface area contributed by atoms with Crippen LogP contribution in [0.4, 0.5) is 0 Å². The Kier molecular flexibility index (Phi) is 6.07. The maximum atomic E-state index is 12.3. The molecule has 1 unspecified atom stereocenters. The van der Waals surface area contributed by atoms with Crippen molar-refractivity contribution >= 4 is 22.1 Å². The van der Waals surface area contributed by atoms with Crippen molar-refractivity contribution in [1.29, 1.82) is 0 Å². The van der Waals surface area contributed by atoms with E-state index in [0.29, 0.717) is 11.1 Å². The average Bonchev–Trinajstić information content (AvgIpc) is 2.43. The highest BCUT2D eigenvalue weighted by molar-refractivity contribution is 7.89. The lowest BCUT2D eigenvalue weighted by molar-refractivity contribution is -0.131. The molecule has 21 heavy (non-hydrogen) atoms. The van der Waals surface area contributed by atoms with Crippen LogP contribution in [0.3, 0.4) is 0 Å². The number of hydrogen-bond acceptors (Lipinski definition) is 4. The summed E-state index contributed by atoms with van der Waals surface area (Å²) in [5.41, 5.74) is 1.09. The predicted octanol–water partition coefficient (Wildman–Crippen LogP) is 1.41. The molecule has 0 radical (unpaired) electrons. The fraction of sp³-hybridized carbons (Fsp3) is 0.357. The van der Waals surface area contributed by atoms with Crippen molar-refractivity contribution < 1.29 is 23.1 Å². The third kappa shape index (κ3) is 5.30. The van der Waals surface area contributed by atoms with Gasteiger partial charge < -0.3 is 9.84 Å². The summed E-state index contributed by atoms with van der Waals surface area (Å²) < 4.78 is 32.0. The van der Waals surface area contributed by atoms with Crippen LogP contribution in [0.15, 0.2) is 29.2 Å². The molecular formula is C14H19NO5S. The molecule has 1 aromatic carbocycles. The van der Waals surface area contributed by atoms with Gasteiger partial charge in [0.2, 0.25) is 10.0 Å². The molecule has 6 nitrogen and oxygen atoms in total. The van der Waals surface area contributed by atoms with Crippen molar-refractivity contribution in [3.8, 4) is 0 Å². The lowest BCUT2D eigenvalue weighted by atomic mass is 10.1. The summed E-state index contributed by atoms with van der Waals surface area (Å²) in [6, 6.07) is 4.73. The van der Waals surface area contributed by atoms with Gasteiger partial charge in [-0.1, -0.05) is 12.1 Å². The second-order valence-corrected chi connectivity index (χ2v) is 6.33. The third-order valence-corrected chi connectivity index (χ3v) is 4.45. The molecule has 0 saturated heterocycles. The van der Waals surface area contributed by atoms with Gasteiger partial charge in [0.25, 0.3) is 0 Å². The van der Waals surface area contributed by atoms with E-state index in [1.807, 2.05) is 0 Å². The Hall–Kier alpha value is -1.70. The molecule has 0 aliphatic carbocycles. The Morgan fingerprint density at radius 1 is 1.48 bits per heavy atom. The fourth-order valence-electron chi connectivity index (χ4n) is 1.57. The molecule has 2 N–H and O–H groups in total. The van der Waals surface area contributed by atoms with Gasteiger partial charge in [-0.05, 0) is 37.1 Å². The number of sulfonamides is 1. The van der Waals surface area contributed by atoms with E-state index >= 15 is 0 Å². The first-order valence-electron chi connectivity index (χ1n) is 6.30. The van der Waals surface area contributed by atoms with Crippen molar-refractivity contribution in [2.75, 3.05) is 13.7 Å². The number of hydrogen-bond donors (Lipinski definition) is 2. The standard InChI is InChI=1S/C14H19NO5S/c1-10-4-5-12(6-7-14(16)17)8-13(10)21(18,19)15-9-11(2)20-3/h4-8,11,15H,9H2,1-3H3,(H,16,17)/b7-6+. The zero-order chi connectivity index (χ0) is 16.0. The summed E-state index contributed by atoms with van der Waals surface area (Å²) in [4.78, 5) is 10.6. The zero-order valence-corrected chi connectivity index (χ0v) is 13.0. The zero-order valence-electron chi connectivity index (χ0n) is 12.2. The molecule has 0 spiro atoms. The molecule has 0 fully saturated rings. The number of carboxylic acid groups (broad SMARTS) is 1. The minimum Gasteiger partial charge on any atom is -0.478 e. The van der Waals surface area contributed by atoms with Gasteiger partial charge in [0.1, 0.15) is 0 Å². The van der Waals surface area contributed by atoms with E-state index in [9.17, 15) is 13.2 Å². The molecule has 0 aliphatic heterocycles. The number of carboxylic acids is 1. The van der Waals surface area contributed by atoms with Crippen molar-refractivity contribution in [2.45, 2.75) is 24.8 Å². The quantitative estimate of drug-likeness (QED) is 0.742. The molecule has 0 heterocycles. The van der Waals surface area contributed by atoms with E-state index in [-0.39, 0.29) is 17.5 Å². The van der Waals surface area contributed by atoms with Crippen LogP contribution in [-0.4, -0.2) is 39.3 Å². The maximum absolute atomic E-state index is 12.3. The summed E-state index contributed by atoms with van der Waals surface area (Å²) in [6.07, 6.45) is 2.07. The van der Waals surface area contributed by atoms with E-state index in [0.717, 1.165) is 6.08 Å². The Bertz CT molecular complexity index is 637. The minimum atomic E-state index is -3.67. The average molecular weight is 313 g/mol. The summed E-state index contributed by atoms with van der Waals surface area (Å²) in [5.74, 6) is -1.09. The summed E-state index contributed by atoms with van der Waals surface area (Å²) in [5, 5.41) is 8.60. The molecule has 0 aromatic heterocycles. The molecule has 1 atom stereocenters. The summed E-state index contributed by atoms with van der Waals surface area (Å²) >= 11 is 0. The SMILES string of the molecule is COC(C)CNS(=O)(=O)c1cc(/C=C/C(=O)O)ccc1C. The highest BCUT2D eigenvalue weighted by Crippen LogP contribution is 2.18. The van der Waals surface area contributed by atoms with E-state index in [4.69, 9.17) is 9.84 Å². The van der Waals surface area contributed by atoms with Crippen LogP contribution in [-0.2, 0) is 19.6 Å². The molecule has 116 valence electrons. The molecule has 1 rings (SSSR count). The van der Waals surface area contributed by atoms with Gasteiger partial charge >= 0.3 is 5.97 Å². The Balaban J connectivity index is 3.05. The number of methoxy groups -OCH3 is 1. The van der Waals surface area contributed by atoms with E-state index < -0.39 is 16.0 Å².